The third kappa shape index (κ3) is 2.66. The number of aromatic amines is 1. The van der Waals surface area contributed by atoms with Gasteiger partial charge in [-0.05, 0) is 6.92 Å². The Bertz CT molecular complexity index is 478. The summed E-state index contributed by atoms with van der Waals surface area (Å²) in [6, 6.07) is -0.434. The van der Waals surface area contributed by atoms with Crippen molar-refractivity contribution >= 4 is 29.9 Å². The molecule has 7 N–H and O–H groups in total. The summed E-state index contributed by atoms with van der Waals surface area (Å²) in [7, 11) is 0. The van der Waals surface area contributed by atoms with Crippen LogP contribution >= 0.6 is 12.4 Å². The van der Waals surface area contributed by atoms with Crippen molar-refractivity contribution in [2.24, 2.45) is 0 Å². The number of fused-ring (bicyclic) bond motifs is 1. The molecule has 0 fully saturated rings. The lowest BCUT2D eigenvalue weighted by atomic mass is 10.0. The third-order valence-electron chi connectivity index (χ3n) is 2.67. The second-order valence-corrected chi connectivity index (χ2v) is 4.04. The SMILES string of the molecule is C[C@H](O)[C@H](O)C1CNc2c(nc(N)[nH]c2=O)N1.Cl. The first-order valence-electron chi connectivity index (χ1n) is 5.25. The predicted molar refractivity (Wildman–Crippen MR) is 70.1 cm³/mol. The lowest BCUT2D eigenvalue weighted by Gasteiger charge is -2.31. The number of aliphatic hydroxyl groups excluding tert-OH is 2. The van der Waals surface area contributed by atoms with Crippen LogP contribution in [-0.2, 0) is 0 Å². The molecule has 0 aromatic carbocycles. The zero-order valence-corrected chi connectivity index (χ0v) is 10.5. The number of aromatic nitrogens is 2. The second-order valence-electron chi connectivity index (χ2n) is 4.04. The van der Waals surface area contributed by atoms with E-state index >= 15 is 0 Å². The highest BCUT2D eigenvalue weighted by atomic mass is 35.5. The summed E-state index contributed by atoms with van der Waals surface area (Å²) in [5.74, 6) is 0.275. The van der Waals surface area contributed by atoms with E-state index in [0.29, 0.717) is 6.54 Å². The number of aliphatic hydroxyl groups is 2. The van der Waals surface area contributed by atoms with Gasteiger partial charge in [0.1, 0.15) is 11.8 Å². The van der Waals surface area contributed by atoms with E-state index in [1.807, 2.05) is 0 Å². The summed E-state index contributed by atoms with van der Waals surface area (Å²) in [6.07, 6.45) is -1.84. The van der Waals surface area contributed by atoms with E-state index in [4.69, 9.17) is 5.73 Å². The summed E-state index contributed by atoms with van der Waals surface area (Å²) in [6.45, 7) is 1.80. The highest BCUT2D eigenvalue weighted by Gasteiger charge is 2.29. The number of rotatable bonds is 2. The van der Waals surface area contributed by atoms with E-state index in [0.717, 1.165) is 0 Å². The Labute approximate surface area is 109 Å². The molecule has 1 unspecified atom stereocenters. The van der Waals surface area contributed by atoms with Gasteiger partial charge in [-0.3, -0.25) is 9.78 Å². The Morgan fingerprint density at radius 1 is 1.50 bits per heavy atom. The fourth-order valence-corrected chi connectivity index (χ4v) is 1.74. The van der Waals surface area contributed by atoms with Gasteiger partial charge in [-0.25, -0.2) is 0 Å². The average molecular weight is 278 g/mol. The van der Waals surface area contributed by atoms with Crippen LogP contribution in [0.15, 0.2) is 4.79 Å². The minimum atomic E-state index is -0.960. The molecule has 0 radical (unpaired) electrons. The Morgan fingerprint density at radius 2 is 2.17 bits per heavy atom. The topological polar surface area (TPSA) is 136 Å². The Balaban J connectivity index is 0.00000162. The smallest absolute Gasteiger partial charge is 0.277 e. The molecule has 0 bridgehead atoms. The monoisotopic (exact) mass is 277 g/mol. The number of hydrogen-bond acceptors (Lipinski definition) is 7. The molecule has 2 heterocycles. The molecule has 1 aliphatic rings. The quantitative estimate of drug-likeness (QED) is 0.396. The van der Waals surface area contributed by atoms with Crippen LogP contribution in [-0.4, -0.2) is 45.0 Å². The second kappa shape index (κ2) is 5.42. The molecule has 0 aliphatic carbocycles. The largest absolute Gasteiger partial charge is 0.391 e. The number of H-pyrrole nitrogens is 1. The van der Waals surface area contributed by atoms with Crippen LogP contribution < -0.4 is 21.9 Å². The number of nitrogens with one attached hydrogen (secondary N) is 3. The first-order chi connectivity index (χ1) is 7.99. The maximum Gasteiger partial charge on any atom is 0.277 e. The van der Waals surface area contributed by atoms with Gasteiger partial charge >= 0.3 is 0 Å². The summed E-state index contributed by atoms with van der Waals surface area (Å²) >= 11 is 0. The minimum absolute atomic E-state index is 0. The van der Waals surface area contributed by atoms with Crippen LogP contribution in [0, 0.1) is 0 Å². The van der Waals surface area contributed by atoms with Gasteiger partial charge in [-0.2, -0.15) is 4.98 Å². The molecule has 2 rings (SSSR count). The van der Waals surface area contributed by atoms with E-state index in [9.17, 15) is 15.0 Å². The Hall–Kier alpha value is -1.51. The van der Waals surface area contributed by atoms with Crippen molar-refractivity contribution in [3.05, 3.63) is 10.4 Å². The first-order valence-corrected chi connectivity index (χ1v) is 5.25. The zero-order valence-electron chi connectivity index (χ0n) is 9.67. The van der Waals surface area contributed by atoms with Crippen molar-refractivity contribution in [3.63, 3.8) is 0 Å². The van der Waals surface area contributed by atoms with Crippen LogP contribution in [0.3, 0.4) is 0 Å². The molecule has 0 amide bonds. The normalized spacial score (nSPS) is 20.7. The minimum Gasteiger partial charge on any atom is -0.391 e. The van der Waals surface area contributed by atoms with Crippen LogP contribution in [0.1, 0.15) is 6.92 Å². The Morgan fingerprint density at radius 3 is 2.78 bits per heavy atom. The van der Waals surface area contributed by atoms with Crippen molar-refractivity contribution < 1.29 is 10.2 Å². The van der Waals surface area contributed by atoms with Crippen molar-refractivity contribution in [2.75, 3.05) is 22.9 Å². The number of anilines is 3. The van der Waals surface area contributed by atoms with Gasteiger partial charge in [0.2, 0.25) is 5.95 Å². The van der Waals surface area contributed by atoms with Gasteiger partial charge < -0.3 is 26.6 Å². The number of nitrogens with zero attached hydrogens (tertiary/aromatic N) is 1. The van der Waals surface area contributed by atoms with Crippen molar-refractivity contribution in [1.29, 1.82) is 0 Å². The molecular formula is C9H16ClN5O3. The number of halogens is 1. The van der Waals surface area contributed by atoms with Crippen LogP contribution in [0.4, 0.5) is 17.5 Å². The molecule has 9 heteroatoms. The molecule has 18 heavy (non-hydrogen) atoms. The standard InChI is InChI=1S/C9H15N5O3.ClH/c1-3(15)6(16)4-2-11-5-7(12-4)13-9(10)14-8(5)17;/h3-4,6,11,15-16H,2H2,1H3,(H4,10,12,13,14,17);1H/t3-,4?,6-;/m0./s1. The lowest BCUT2D eigenvalue weighted by Crippen LogP contribution is -2.48. The number of nitrogen functional groups attached to an aromatic ring is 1. The fraction of sp³-hybridized carbons (Fsp3) is 0.556. The van der Waals surface area contributed by atoms with Gasteiger partial charge in [0.05, 0.1) is 12.1 Å². The van der Waals surface area contributed by atoms with Crippen molar-refractivity contribution in [3.8, 4) is 0 Å². The maximum atomic E-state index is 11.5. The maximum absolute atomic E-state index is 11.5. The third-order valence-corrected chi connectivity index (χ3v) is 2.67. The van der Waals surface area contributed by atoms with E-state index in [1.54, 1.807) is 0 Å². The van der Waals surface area contributed by atoms with Gasteiger partial charge in [-0.1, -0.05) is 0 Å². The zero-order chi connectivity index (χ0) is 12.6. The van der Waals surface area contributed by atoms with Crippen molar-refractivity contribution in [2.45, 2.75) is 25.2 Å². The number of hydrogen-bond donors (Lipinski definition) is 6. The molecule has 102 valence electrons. The van der Waals surface area contributed by atoms with Gasteiger partial charge in [0, 0.05) is 6.54 Å². The molecule has 1 aromatic rings. The molecule has 8 nitrogen and oxygen atoms in total. The molecule has 0 saturated heterocycles. The molecule has 3 atom stereocenters. The van der Waals surface area contributed by atoms with E-state index in [2.05, 4.69) is 20.6 Å². The molecule has 0 saturated carbocycles. The van der Waals surface area contributed by atoms with Crippen LogP contribution in [0.25, 0.3) is 0 Å². The molecule has 0 spiro atoms. The molecular weight excluding hydrogens is 262 g/mol. The average Bonchev–Trinajstić information content (AvgIpc) is 2.26. The van der Waals surface area contributed by atoms with Crippen molar-refractivity contribution in [1.82, 2.24) is 9.97 Å². The van der Waals surface area contributed by atoms with E-state index < -0.39 is 18.2 Å². The summed E-state index contributed by atoms with van der Waals surface area (Å²) in [5, 5.41) is 24.7. The van der Waals surface area contributed by atoms with E-state index in [1.165, 1.54) is 6.92 Å². The summed E-state index contributed by atoms with van der Waals surface area (Å²) in [5.41, 5.74) is 5.33. The number of nitrogens with two attached hydrogens (primary N) is 1. The highest BCUT2D eigenvalue weighted by molar-refractivity contribution is 5.85. The molecule has 1 aliphatic heterocycles. The van der Waals surface area contributed by atoms with Gasteiger partial charge in [-0.15, -0.1) is 12.4 Å². The Kier molecular flexibility index (Phi) is 4.38. The van der Waals surface area contributed by atoms with Gasteiger partial charge in [0.15, 0.2) is 5.82 Å². The first kappa shape index (κ1) is 14.6. The van der Waals surface area contributed by atoms with Crippen LogP contribution in [0.5, 0.6) is 0 Å². The van der Waals surface area contributed by atoms with Crippen LogP contribution in [0.2, 0.25) is 0 Å². The summed E-state index contributed by atoms with van der Waals surface area (Å²) in [4.78, 5) is 17.8. The van der Waals surface area contributed by atoms with E-state index in [-0.39, 0.29) is 35.4 Å². The fourth-order valence-electron chi connectivity index (χ4n) is 1.74. The predicted octanol–water partition coefficient (Wildman–Crippen LogP) is -1.28. The lowest BCUT2D eigenvalue weighted by molar-refractivity contribution is 0.0213. The van der Waals surface area contributed by atoms with Gasteiger partial charge in [0.25, 0.3) is 5.56 Å². The summed E-state index contributed by atoms with van der Waals surface area (Å²) < 4.78 is 0. The highest BCUT2D eigenvalue weighted by Crippen LogP contribution is 2.21. The molecule has 1 aromatic heterocycles.